The number of hydrazine groups is 1. The van der Waals surface area contributed by atoms with E-state index in [1.807, 2.05) is 47.8 Å². The van der Waals surface area contributed by atoms with Crippen molar-refractivity contribution in [2.75, 3.05) is 18.1 Å². The van der Waals surface area contributed by atoms with Gasteiger partial charge in [0.2, 0.25) is 0 Å². The fourth-order valence-corrected chi connectivity index (χ4v) is 5.38. The van der Waals surface area contributed by atoms with Gasteiger partial charge in [0.1, 0.15) is 5.75 Å². The van der Waals surface area contributed by atoms with E-state index in [0.29, 0.717) is 15.4 Å². The molecule has 0 bridgehead atoms. The van der Waals surface area contributed by atoms with Crippen LogP contribution in [0.5, 0.6) is 5.75 Å². The molecule has 1 saturated heterocycles. The molecule has 0 saturated carbocycles. The maximum atomic E-state index is 12.0. The molecule has 0 unspecified atom stereocenters. The summed E-state index contributed by atoms with van der Waals surface area (Å²) >= 11 is 9.81. The molecule has 1 aliphatic rings. The molecule has 1 fully saturated rings. The SMILES string of the molecule is O=C(COc1ccc(C2SCCS2)cc1)NNC(=O)c1ccccc1Cl. The maximum Gasteiger partial charge on any atom is 0.276 e. The number of amides is 2. The number of thioether (sulfide) groups is 2. The number of carbonyl (C=O) groups is 2. The number of ether oxygens (including phenoxy) is 1. The van der Waals surface area contributed by atoms with Crippen LogP contribution >= 0.6 is 35.1 Å². The summed E-state index contributed by atoms with van der Waals surface area (Å²) in [6.07, 6.45) is 0. The molecular weight excluding hydrogens is 392 g/mol. The van der Waals surface area contributed by atoms with Gasteiger partial charge in [0.25, 0.3) is 11.8 Å². The van der Waals surface area contributed by atoms with Gasteiger partial charge in [-0.1, -0.05) is 35.9 Å². The Morgan fingerprint density at radius 3 is 2.42 bits per heavy atom. The average Bonchev–Trinajstić information content (AvgIpc) is 3.20. The van der Waals surface area contributed by atoms with Crippen LogP contribution in [0.2, 0.25) is 5.02 Å². The highest BCUT2D eigenvalue weighted by Crippen LogP contribution is 2.45. The highest BCUT2D eigenvalue weighted by Gasteiger charge is 2.18. The lowest BCUT2D eigenvalue weighted by molar-refractivity contribution is -0.123. The van der Waals surface area contributed by atoms with Gasteiger partial charge in [-0.3, -0.25) is 20.4 Å². The van der Waals surface area contributed by atoms with Crippen molar-refractivity contribution in [2.45, 2.75) is 4.58 Å². The average molecular weight is 409 g/mol. The minimum Gasteiger partial charge on any atom is -0.484 e. The van der Waals surface area contributed by atoms with Crippen LogP contribution < -0.4 is 15.6 Å². The van der Waals surface area contributed by atoms with Crippen LogP contribution in [0.15, 0.2) is 48.5 Å². The molecule has 0 aliphatic carbocycles. The Balaban J connectivity index is 1.44. The normalized spacial score (nSPS) is 14.0. The van der Waals surface area contributed by atoms with Crippen molar-refractivity contribution >= 4 is 46.9 Å². The summed E-state index contributed by atoms with van der Waals surface area (Å²) in [5, 5.41) is 0.314. The lowest BCUT2D eigenvalue weighted by atomic mass is 10.2. The van der Waals surface area contributed by atoms with Crippen molar-refractivity contribution in [2.24, 2.45) is 0 Å². The number of halogens is 1. The van der Waals surface area contributed by atoms with Crippen LogP contribution in [0.25, 0.3) is 0 Å². The Morgan fingerprint density at radius 2 is 1.73 bits per heavy atom. The van der Waals surface area contributed by atoms with Crippen molar-refractivity contribution in [3.8, 4) is 5.75 Å². The number of hydrogen-bond acceptors (Lipinski definition) is 5. The molecule has 2 amide bonds. The molecule has 1 heterocycles. The van der Waals surface area contributed by atoms with E-state index >= 15 is 0 Å². The molecule has 5 nitrogen and oxygen atoms in total. The number of rotatable bonds is 5. The minimum atomic E-state index is -0.486. The summed E-state index contributed by atoms with van der Waals surface area (Å²) in [7, 11) is 0. The van der Waals surface area contributed by atoms with Gasteiger partial charge in [-0.05, 0) is 29.8 Å². The highest BCUT2D eigenvalue weighted by molar-refractivity contribution is 8.19. The molecule has 8 heteroatoms. The lowest BCUT2D eigenvalue weighted by Gasteiger charge is -2.11. The second kappa shape index (κ2) is 9.21. The standard InChI is InChI=1S/C18H17ClN2O3S2/c19-15-4-2-1-3-14(15)17(23)21-20-16(22)11-24-13-7-5-12(6-8-13)18-25-9-10-26-18/h1-8,18H,9-11H2,(H,20,22)(H,21,23). The summed E-state index contributed by atoms with van der Waals surface area (Å²) < 4.78 is 5.92. The number of hydrogen-bond donors (Lipinski definition) is 2. The Hall–Kier alpha value is -1.83. The predicted octanol–water partition coefficient (Wildman–Crippen LogP) is 3.66. The van der Waals surface area contributed by atoms with E-state index in [4.69, 9.17) is 16.3 Å². The second-order valence-electron chi connectivity index (χ2n) is 5.41. The quantitative estimate of drug-likeness (QED) is 0.739. The van der Waals surface area contributed by atoms with E-state index in [2.05, 4.69) is 10.9 Å². The Morgan fingerprint density at radius 1 is 1.04 bits per heavy atom. The van der Waals surface area contributed by atoms with E-state index in [1.54, 1.807) is 24.3 Å². The molecule has 0 aromatic heterocycles. The first-order valence-corrected chi connectivity index (χ1v) is 10.4. The largest absolute Gasteiger partial charge is 0.484 e. The molecule has 2 aromatic carbocycles. The monoisotopic (exact) mass is 408 g/mol. The van der Waals surface area contributed by atoms with Crippen molar-refractivity contribution in [3.63, 3.8) is 0 Å². The van der Waals surface area contributed by atoms with Gasteiger partial charge >= 0.3 is 0 Å². The van der Waals surface area contributed by atoms with E-state index < -0.39 is 11.8 Å². The summed E-state index contributed by atoms with van der Waals surface area (Å²) in [5.74, 6) is 2.01. The third-order valence-electron chi connectivity index (χ3n) is 3.58. The zero-order valence-corrected chi connectivity index (χ0v) is 16.1. The first kappa shape index (κ1) is 18.9. The van der Waals surface area contributed by atoms with Crippen molar-refractivity contribution < 1.29 is 14.3 Å². The zero-order valence-electron chi connectivity index (χ0n) is 13.7. The predicted molar refractivity (Wildman–Crippen MR) is 107 cm³/mol. The lowest BCUT2D eigenvalue weighted by Crippen LogP contribution is -2.43. The van der Waals surface area contributed by atoms with Crippen LogP contribution in [-0.2, 0) is 4.79 Å². The van der Waals surface area contributed by atoms with Gasteiger partial charge in [-0.2, -0.15) is 0 Å². The Kier molecular flexibility index (Phi) is 6.71. The van der Waals surface area contributed by atoms with Gasteiger partial charge in [0.05, 0.1) is 15.2 Å². The molecule has 3 rings (SSSR count). The van der Waals surface area contributed by atoms with Crippen LogP contribution in [0.4, 0.5) is 0 Å². The fourth-order valence-electron chi connectivity index (χ4n) is 2.30. The van der Waals surface area contributed by atoms with Gasteiger partial charge in [-0.15, -0.1) is 23.5 Å². The molecule has 26 heavy (non-hydrogen) atoms. The molecule has 0 radical (unpaired) electrons. The highest BCUT2D eigenvalue weighted by atomic mass is 35.5. The first-order chi connectivity index (χ1) is 12.6. The van der Waals surface area contributed by atoms with Crippen LogP contribution in [0.1, 0.15) is 20.5 Å². The van der Waals surface area contributed by atoms with Gasteiger partial charge < -0.3 is 4.74 Å². The molecule has 136 valence electrons. The van der Waals surface area contributed by atoms with E-state index in [9.17, 15) is 9.59 Å². The van der Waals surface area contributed by atoms with E-state index in [1.165, 1.54) is 17.1 Å². The number of benzene rings is 2. The molecular formula is C18H17ClN2O3S2. The Bertz CT molecular complexity index is 780. The summed E-state index contributed by atoms with van der Waals surface area (Å²) in [5.41, 5.74) is 6.16. The van der Waals surface area contributed by atoms with Gasteiger partial charge in [-0.25, -0.2) is 0 Å². The van der Waals surface area contributed by atoms with Crippen LogP contribution in [0, 0.1) is 0 Å². The van der Waals surface area contributed by atoms with Gasteiger partial charge in [0, 0.05) is 11.5 Å². The van der Waals surface area contributed by atoms with Crippen LogP contribution in [0.3, 0.4) is 0 Å². The molecule has 1 aliphatic heterocycles. The molecule has 2 N–H and O–H groups in total. The summed E-state index contributed by atoms with van der Waals surface area (Å²) in [4.78, 5) is 23.8. The topological polar surface area (TPSA) is 67.4 Å². The minimum absolute atomic E-state index is 0.199. The zero-order chi connectivity index (χ0) is 18.4. The van der Waals surface area contributed by atoms with E-state index in [0.717, 1.165) is 0 Å². The van der Waals surface area contributed by atoms with Crippen molar-refractivity contribution in [1.29, 1.82) is 0 Å². The Labute approximate surface area is 165 Å². The summed E-state index contributed by atoms with van der Waals surface area (Å²) in [6, 6.07) is 14.3. The van der Waals surface area contributed by atoms with Crippen molar-refractivity contribution in [3.05, 3.63) is 64.7 Å². The molecule has 0 atom stereocenters. The third-order valence-corrected chi connectivity index (χ3v) is 7.01. The smallest absolute Gasteiger partial charge is 0.276 e. The maximum absolute atomic E-state index is 12.0. The van der Waals surface area contributed by atoms with E-state index in [-0.39, 0.29) is 12.2 Å². The molecule has 0 spiro atoms. The summed E-state index contributed by atoms with van der Waals surface area (Å²) in [6.45, 7) is -0.199. The number of carbonyl (C=O) groups excluding carboxylic acids is 2. The second-order valence-corrected chi connectivity index (χ2v) is 8.54. The fraction of sp³-hybridized carbons (Fsp3) is 0.222. The van der Waals surface area contributed by atoms with Gasteiger partial charge in [0.15, 0.2) is 6.61 Å². The first-order valence-electron chi connectivity index (χ1n) is 7.93. The van der Waals surface area contributed by atoms with Crippen molar-refractivity contribution in [1.82, 2.24) is 10.9 Å². The molecule has 2 aromatic rings. The third kappa shape index (κ3) is 5.09. The number of nitrogens with one attached hydrogen (secondary N) is 2. The van der Waals surface area contributed by atoms with Crippen LogP contribution in [-0.4, -0.2) is 29.9 Å².